The SMILES string of the molecule is CC(=O)CC(=O)C(F)(F)C(F)(F)C(F)(F)C(F)(F)C(F)(F)F.CC(=O)CC(=O)C(F)(F)C(F)(F)C(F)(F)C(F)(F)F.CC(F)(F)C(=O)C(F)C(=O)C(F)(F)F.CC(F)(F)C(=O)CC(=O)C(F)(F)C(F)(F)F.CC(F)(F)C(=O)CC(=O)C(F)(F)F.CC(F)(F)C(F)(F)C(=O)CC(=O)C(F)(F)C(F)(F)F.CC(F)(F)C(F)(F)C(F)(F)C(=O)CC(=O)C(F)(F)C(F)(F)C(F)(F)F. The Kier molecular flexibility index (Phi) is 42.7. The molecule has 0 aromatic heterocycles. The van der Waals surface area contributed by atoms with Gasteiger partial charge in [-0.2, -0.15) is 259 Å². The molecule has 0 rings (SSSR count). The molecule has 1 atom stereocenters. The fourth-order valence-electron chi connectivity index (χ4n) is 5.37. The maximum absolute atomic E-state index is 13.0. The largest absolute Gasteiger partial charge is 0.461 e. The number of hydrogen-bond donors (Lipinski definition) is 0. The molecule has 74 heteroatoms. The Hall–Kier alpha value is -8.82. The first-order chi connectivity index (χ1) is 54.3. The predicted molar refractivity (Wildman–Crippen MR) is 279 cm³/mol. The summed E-state index contributed by atoms with van der Waals surface area (Å²) in [5.41, 5.74) is 0. The van der Waals surface area contributed by atoms with Gasteiger partial charge >= 0.3 is 156 Å². The van der Waals surface area contributed by atoms with Crippen molar-refractivity contribution in [2.75, 3.05) is 0 Å². The summed E-state index contributed by atoms with van der Waals surface area (Å²) in [5, 5.41) is 0. The minimum atomic E-state index is -7.64. The summed E-state index contributed by atoms with van der Waals surface area (Å²) in [7, 11) is 0. The van der Waals surface area contributed by atoms with E-state index < -0.39 is 295 Å². The van der Waals surface area contributed by atoms with Gasteiger partial charge < -0.3 is 0 Å². The van der Waals surface area contributed by atoms with E-state index in [1.54, 1.807) is 0 Å². The topological polar surface area (TPSA) is 239 Å². The highest BCUT2D eigenvalue weighted by Crippen LogP contribution is 2.59. The lowest BCUT2D eigenvalue weighted by Crippen LogP contribution is -2.68. The van der Waals surface area contributed by atoms with E-state index in [9.17, 15) is 331 Å². The maximum atomic E-state index is 13.0. The number of alkyl halides is 60. The van der Waals surface area contributed by atoms with Crippen LogP contribution in [0.3, 0.4) is 0 Å². The molecule has 0 bridgehead atoms. The molecule has 0 aromatic rings. The summed E-state index contributed by atoms with van der Waals surface area (Å²) in [6, 6.07) is 0. The highest BCUT2D eigenvalue weighted by atomic mass is 19.5. The molecule has 14 nitrogen and oxygen atoms in total. The number of ketones is 14. The molecule has 128 heavy (non-hydrogen) atoms. The van der Waals surface area contributed by atoms with Crippen molar-refractivity contribution in [2.24, 2.45) is 0 Å². The summed E-state index contributed by atoms with van der Waals surface area (Å²) in [6.07, 6.45) is -62.6. The monoisotopic (exact) mass is 2050 g/mol. The standard InChI is InChI=1S/C10H5F13O2.C9H5F11O2.2C8H5F9O2.C7H5F7O2.C6H4F6O2.C6H5F5O2/c1-5(11,12)8(17,18)6(13,14)3(24)2-4(25)7(15,16)9(19,20)10(21,22)23;1-3(21)2-4(22)5(10,11)6(12,13)7(14,15)8(16,17)9(18,19)20;1-5(9,10)6(11,12)3(18)2-4(19)7(13,14)8(15,16)17;1-3(18)2-4(19)5(9,10)6(11,12)7(13,14)8(15,16)17;1-5(8,9)3(15)2-4(16)6(10,11)7(12,13)14;1-5(8,9)3(13)2(7)4(14)6(10,11)12;1-5(7,8)3(12)2-4(13)6(9,10)11/h2H2,1H3;2H2,1H3;2*2H2,1H3;2H2,1H3;2H,1H3;2H2,1H3. The molecular formula is C54H34F60O14. The molecule has 0 aliphatic heterocycles. The molecule has 0 heterocycles. The van der Waals surface area contributed by atoms with Crippen molar-refractivity contribution in [1.82, 2.24) is 0 Å². The lowest BCUT2D eigenvalue weighted by atomic mass is 9.94. The molecule has 0 aliphatic carbocycles. The molecule has 0 saturated heterocycles. The quantitative estimate of drug-likeness (QED) is 0.0439. The van der Waals surface area contributed by atoms with Crippen molar-refractivity contribution < 1.29 is 331 Å². The third kappa shape index (κ3) is 32.3. The van der Waals surface area contributed by atoms with Crippen LogP contribution in [0.2, 0.25) is 0 Å². The first kappa shape index (κ1) is 132. The van der Waals surface area contributed by atoms with E-state index in [-0.39, 0.29) is 20.8 Å². The number of hydrogen-bond acceptors (Lipinski definition) is 14. The van der Waals surface area contributed by atoms with Crippen LogP contribution in [0.4, 0.5) is 263 Å². The highest BCUT2D eigenvalue weighted by molar-refractivity contribution is 6.10. The minimum absolute atomic E-state index is 0.00561. The summed E-state index contributed by atoms with van der Waals surface area (Å²) < 4.78 is 731. The first-order valence-corrected chi connectivity index (χ1v) is 29.0. The average Bonchev–Trinajstić information content (AvgIpc) is 0.716. The lowest BCUT2D eigenvalue weighted by Gasteiger charge is -2.36. The van der Waals surface area contributed by atoms with Gasteiger partial charge in [-0.1, -0.05) is 0 Å². The Morgan fingerprint density at radius 1 is 0.180 bits per heavy atom. The fraction of sp³-hybridized carbons (Fsp3) is 0.741. The van der Waals surface area contributed by atoms with E-state index in [1.807, 2.05) is 0 Å². The van der Waals surface area contributed by atoms with E-state index in [0.29, 0.717) is 13.8 Å². The van der Waals surface area contributed by atoms with Gasteiger partial charge in [0.2, 0.25) is 69.8 Å². The van der Waals surface area contributed by atoms with Crippen molar-refractivity contribution in [3.05, 3.63) is 0 Å². The van der Waals surface area contributed by atoms with Gasteiger partial charge in [0.25, 0.3) is 5.78 Å². The van der Waals surface area contributed by atoms with Crippen LogP contribution in [-0.2, 0) is 67.1 Å². The van der Waals surface area contributed by atoms with Gasteiger partial charge in [0.1, 0.15) is 11.6 Å². The Morgan fingerprint density at radius 3 is 0.570 bits per heavy atom. The van der Waals surface area contributed by atoms with Gasteiger partial charge in [0.05, 0.1) is 38.5 Å². The summed E-state index contributed by atoms with van der Waals surface area (Å²) in [6.45, 7) is -0.332. The molecule has 0 amide bonds. The molecular weight excluding hydrogens is 2010 g/mol. The zero-order valence-electron chi connectivity index (χ0n) is 60.2. The Morgan fingerprint density at radius 2 is 0.375 bits per heavy atom. The van der Waals surface area contributed by atoms with Crippen LogP contribution in [0.15, 0.2) is 0 Å². The molecule has 0 aliphatic rings. The van der Waals surface area contributed by atoms with Crippen molar-refractivity contribution >= 4 is 81.0 Å². The fourth-order valence-corrected chi connectivity index (χ4v) is 5.37. The van der Waals surface area contributed by atoms with Gasteiger partial charge in [0, 0.05) is 34.6 Å². The van der Waals surface area contributed by atoms with Crippen LogP contribution in [0.5, 0.6) is 0 Å². The molecule has 754 valence electrons. The number of carbonyl (C=O) groups is 14. The van der Waals surface area contributed by atoms with Crippen LogP contribution >= 0.6 is 0 Å². The molecule has 1 unspecified atom stereocenters. The minimum Gasteiger partial charge on any atom is -0.300 e. The van der Waals surface area contributed by atoms with Crippen LogP contribution in [-0.4, -0.2) is 243 Å². The maximum Gasteiger partial charge on any atom is 0.461 e. The van der Waals surface area contributed by atoms with E-state index in [4.69, 9.17) is 0 Å². The van der Waals surface area contributed by atoms with Gasteiger partial charge in [-0.05, 0) is 13.8 Å². The van der Waals surface area contributed by atoms with Crippen molar-refractivity contribution in [3.8, 4) is 0 Å². The third-order valence-corrected chi connectivity index (χ3v) is 12.7. The smallest absolute Gasteiger partial charge is 0.300 e. The van der Waals surface area contributed by atoms with E-state index in [2.05, 4.69) is 0 Å². The molecule has 0 saturated carbocycles. The number of carbonyl (C=O) groups excluding carboxylic acids is 14. The summed E-state index contributed by atoms with van der Waals surface area (Å²) in [5.74, 6) is -155. The third-order valence-electron chi connectivity index (χ3n) is 12.7. The van der Waals surface area contributed by atoms with E-state index in [1.165, 1.54) is 0 Å². The van der Waals surface area contributed by atoms with Crippen LogP contribution in [0.1, 0.15) is 87.0 Å². The lowest BCUT2D eigenvalue weighted by molar-refractivity contribution is -0.416. The zero-order valence-corrected chi connectivity index (χ0v) is 60.2. The normalized spacial score (nSPS) is 14.5. The number of Topliss-reactive ketones (excluding diaryl/α,β-unsaturated/α-hetero) is 14. The van der Waals surface area contributed by atoms with Crippen molar-refractivity contribution in [1.29, 1.82) is 0 Å². The Balaban J connectivity index is -0.000000270. The van der Waals surface area contributed by atoms with Gasteiger partial charge in [0.15, 0.2) is 0 Å². The van der Waals surface area contributed by atoms with E-state index in [0.717, 1.165) is 0 Å². The molecule has 0 N–H and O–H groups in total. The predicted octanol–water partition coefficient (Wildman–Crippen LogP) is 19.7. The van der Waals surface area contributed by atoms with Crippen molar-refractivity contribution in [3.63, 3.8) is 0 Å². The summed E-state index contributed by atoms with van der Waals surface area (Å²) >= 11 is 0. The number of rotatable bonds is 33. The molecule has 0 fully saturated rings. The zero-order chi connectivity index (χ0) is 107. The Bertz CT molecular complexity index is 3780. The summed E-state index contributed by atoms with van der Waals surface area (Å²) in [4.78, 5) is 145. The second-order valence-electron chi connectivity index (χ2n) is 23.8. The first-order valence-electron chi connectivity index (χ1n) is 29.0. The second kappa shape index (κ2) is 41.3. The average molecular weight is 2050 g/mol. The van der Waals surface area contributed by atoms with E-state index >= 15 is 0 Å². The highest BCUT2D eigenvalue weighted by Gasteiger charge is 2.89. The van der Waals surface area contributed by atoms with Crippen molar-refractivity contribution in [2.45, 2.75) is 249 Å². The van der Waals surface area contributed by atoms with Gasteiger partial charge in [-0.3, -0.25) is 67.1 Å². The second-order valence-corrected chi connectivity index (χ2v) is 23.8. The molecule has 0 radical (unpaired) electrons. The molecule has 0 aromatic carbocycles. The van der Waals surface area contributed by atoms with Gasteiger partial charge in [-0.25, -0.2) is 4.39 Å². The van der Waals surface area contributed by atoms with Crippen LogP contribution in [0.25, 0.3) is 0 Å². The van der Waals surface area contributed by atoms with Crippen LogP contribution < -0.4 is 0 Å². The number of halogens is 60. The Labute approximate surface area is 660 Å². The van der Waals surface area contributed by atoms with Gasteiger partial charge in [-0.15, -0.1) is 0 Å². The molecule has 0 spiro atoms. The van der Waals surface area contributed by atoms with Crippen LogP contribution in [0, 0.1) is 0 Å².